The molecule has 0 saturated carbocycles. The molecule has 0 bridgehead atoms. The lowest BCUT2D eigenvalue weighted by atomic mass is 10.1. The van der Waals surface area contributed by atoms with Crippen molar-refractivity contribution in [3.05, 3.63) is 41.7 Å². The maximum atomic E-state index is 8.74. The summed E-state index contributed by atoms with van der Waals surface area (Å²) in [5, 5.41) is 11.9. The predicted molar refractivity (Wildman–Crippen MR) is 68.3 cm³/mol. The summed E-state index contributed by atoms with van der Waals surface area (Å²) >= 11 is 0. The molecule has 3 heteroatoms. The molecule has 0 atom stereocenters. The molecule has 0 amide bonds. The first-order valence-corrected chi connectivity index (χ1v) is 5.47. The minimum atomic E-state index is 0.157. The van der Waals surface area contributed by atoms with Crippen LogP contribution in [-0.2, 0) is 0 Å². The molecular formula is C13H20N2O. The van der Waals surface area contributed by atoms with E-state index in [-0.39, 0.29) is 6.61 Å². The number of aromatic amines is 1. The van der Waals surface area contributed by atoms with Crippen LogP contribution in [-0.4, -0.2) is 29.8 Å². The lowest BCUT2D eigenvalue weighted by molar-refractivity contribution is 0.295. The molecule has 1 heterocycles. The molecule has 1 rings (SSSR count). The van der Waals surface area contributed by atoms with Gasteiger partial charge in [-0.25, -0.2) is 0 Å². The standard InChI is InChI=1S/C13H20N2O/c1-10(2)8-12(9-14-6-7-16)13-11(3)4-5-15-13/h4-5,8,14-16H,1,6-7,9H2,2-3H3/b12-8-. The summed E-state index contributed by atoms with van der Waals surface area (Å²) < 4.78 is 0. The molecule has 1 aromatic rings. The van der Waals surface area contributed by atoms with Crippen molar-refractivity contribution in [3.63, 3.8) is 0 Å². The van der Waals surface area contributed by atoms with Crippen molar-refractivity contribution in [1.29, 1.82) is 0 Å². The van der Waals surface area contributed by atoms with Gasteiger partial charge in [0.25, 0.3) is 0 Å². The van der Waals surface area contributed by atoms with Crippen molar-refractivity contribution in [3.8, 4) is 0 Å². The molecule has 3 nitrogen and oxygen atoms in total. The van der Waals surface area contributed by atoms with Crippen molar-refractivity contribution >= 4 is 5.57 Å². The minimum absolute atomic E-state index is 0.157. The largest absolute Gasteiger partial charge is 0.395 e. The summed E-state index contributed by atoms with van der Waals surface area (Å²) in [4.78, 5) is 3.23. The van der Waals surface area contributed by atoms with Crippen LogP contribution in [0.3, 0.4) is 0 Å². The number of H-pyrrole nitrogens is 1. The van der Waals surface area contributed by atoms with E-state index in [1.54, 1.807) is 0 Å². The molecule has 1 aromatic heterocycles. The summed E-state index contributed by atoms with van der Waals surface area (Å²) in [5.41, 5.74) is 4.55. The van der Waals surface area contributed by atoms with Crippen molar-refractivity contribution in [2.24, 2.45) is 0 Å². The molecule has 88 valence electrons. The zero-order valence-electron chi connectivity index (χ0n) is 10.0. The Kier molecular flexibility index (Phi) is 5.02. The van der Waals surface area contributed by atoms with E-state index in [0.717, 1.165) is 17.8 Å². The first kappa shape index (κ1) is 12.7. The van der Waals surface area contributed by atoms with Gasteiger partial charge in [0.15, 0.2) is 0 Å². The van der Waals surface area contributed by atoms with Crippen LogP contribution in [0.4, 0.5) is 0 Å². The summed E-state index contributed by atoms with van der Waals surface area (Å²) in [5.74, 6) is 0. The zero-order valence-corrected chi connectivity index (χ0v) is 10.0. The van der Waals surface area contributed by atoms with E-state index in [9.17, 15) is 0 Å². The quantitative estimate of drug-likeness (QED) is 0.506. The van der Waals surface area contributed by atoms with Crippen LogP contribution in [0.2, 0.25) is 0 Å². The molecule has 0 radical (unpaired) electrons. The zero-order chi connectivity index (χ0) is 12.0. The molecule has 3 N–H and O–H groups in total. The van der Waals surface area contributed by atoms with Crippen LogP contribution in [0.1, 0.15) is 18.2 Å². The van der Waals surface area contributed by atoms with E-state index < -0.39 is 0 Å². The van der Waals surface area contributed by atoms with Crippen LogP contribution < -0.4 is 5.32 Å². The van der Waals surface area contributed by atoms with E-state index in [1.165, 1.54) is 11.1 Å². The number of aliphatic hydroxyl groups is 1. The van der Waals surface area contributed by atoms with Gasteiger partial charge in [-0.15, -0.1) is 0 Å². The Hall–Kier alpha value is -1.32. The Morgan fingerprint density at radius 2 is 2.38 bits per heavy atom. The summed E-state index contributed by atoms with van der Waals surface area (Å²) in [6, 6.07) is 2.05. The monoisotopic (exact) mass is 220 g/mol. The van der Waals surface area contributed by atoms with Gasteiger partial charge in [-0.2, -0.15) is 0 Å². The third-order valence-electron chi connectivity index (χ3n) is 2.30. The minimum Gasteiger partial charge on any atom is -0.395 e. The first-order valence-electron chi connectivity index (χ1n) is 5.47. The van der Waals surface area contributed by atoms with Crippen LogP contribution in [0.15, 0.2) is 30.5 Å². The molecule has 0 aliphatic heterocycles. The highest BCUT2D eigenvalue weighted by atomic mass is 16.3. The van der Waals surface area contributed by atoms with Crippen molar-refractivity contribution in [2.75, 3.05) is 19.7 Å². The Labute approximate surface area is 96.9 Å². The van der Waals surface area contributed by atoms with E-state index in [4.69, 9.17) is 5.11 Å². The summed E-state index contributed by atoms with van der Waals surface area (Å²) in [6.45, 7) is 9.44. The second kappa shape index (κ2) is 6.30. The number of rotatable bonds is 6. The van der Waals surface area contributed by atoms with Gasteiger partial charge in [0.2, 0.25) is 0 Å². The molecule has 0 fully saturated rings. The van der Waals surface area contributed by atoms with Gasteiger partial charge in [-0.3, -0.25) is 0 Å². The molecule has 0 aliphatic carbocycles. The fourth-order valence-corrected chi connectivity index (χ4v) is 1.60. The molecular weight excluding hydrogens is 200 g/mol. The number of allylic oxidation sites excluding steroid dienone is 2. The van der Waals surface area contributed by atoms with Crippen LogP contribution in [0.25, 0.3) is 5.57 Å². The van der Waals surface area contributed by atoms with Gasteiger partial charge in [0.1, 0.15) is 0 Å². The average Bonchev–Trinajstić information content (AvgIpc) is 2.63. The number of aryl methyl sites for hydroxylation is 1. The smallest absolute Gasteiger partial charge is 0.0556 e. The Morgan fingerprint density at radius 1 is 1.62 bits per heavy atom. The fraction of sp³-hybridized carbons (Fsp3) is 0.385. The maximum absolute atomic E-state index is 8.74. The topological polar surface area (TPSA) is 48.0 Å². The van der Waals surface area contributed by atoms with Gasteiger partial charge in [-0.1, -0.05) is 18.2 Å². The maximum Gasteiger partial charge on any atom is 0.0556 e. The van der Waals surface area contributed by atoms with Crippen LogP contribution >= 0.6 is 0 Å². The number of hydrogen-bond acceptors (Lipinski definition) is 2. The van der Waals surface area contributed by atoms with Crippen LogP contribution in [0, 0.1) is 6.92 Å². The molecule has 16 heavy (non-hydrogen) atoms. The summed E-state index contributed by atoms with van der Waals surface area (Å²) in [7, 11) is 0. The Balaban J connectivity index is 2.80. The second-order valence-corrected chi connectivity index (χ2v) is 3.95. The number of aromatic nitrogens is 1. The third kappa shape index (κ3) is 3.68. The predicted octanol–water partition coefficient (Wildman–Crippen LogP) is 1.86. The van der Waals surface area contributed by atoms with Gasteiger partial charge in [-0.05, 0) is 31.1 Å². The Morgan fingerprint density at radius 3 is 2.88 bits per heavy atom. The van der Waals surface area contributed by atoms with Crippen molar-refractivity contribution < 1.29 is 5.11 Å². The SMILES string of the molecule is C=C(C)/C=C(/CNCCO)c1[nH]ccc1C. The van der Waals surface area contributed by atoms with Gasteiger partial charge < -0.3 is 15.4 Å². The highest BCUT2D eigenvalue weighted by Gasteiger charge is 2.05. The number of nitrogens with one attached hydrogen (secondary N) is 2. The van der Waals surface area contributed by atoms with Gasteiger partial charge >= 0.3 is 0 Å². The highest BCUT2D eigenvalue weighted by Crippen LogP contribution is 2.17. The van der Waals surface area contributed by atoms with E-state index in [1.807, 2.05) is 19.2 Å². The second-order valence-electron chi connectivity index (χ2n) is 3.95. The fourth-order valence-electron chi connectivity index (χ4n) is 1.60. The number of hydrogen-bond donors (Lipinski definition) is 3. The lowest BCUT2D eigenvalue weighted by Gasteiger charge is -2.09. The lowest BCUT2D eigenvalue weighted by Crippen LogP contribution is -2.20. The van der Waals surface area contributed by atoms with Gasteiger partial charge in [0.05, 0.1) is 6.61 Å². The molecule has 0 unspecified atom stereocenters. The summed E-state index contributed by atoms with van der Waals surface area (Å²) in [6.07, 6.45) is 3.99. The third-order valence-corrected chi connectivity index (χ3v) is 2.30. The molecule has 0 aromatic carbocycles. The average molecular weight is 220 g/mol. The van der Waals surface area contributed by atoms with Crippen molar-refractivity contribution in [2.45, 2.75) is 13.8 Å². The first-order chi connectivity index (χ1) is 7.65. The molecule has 0 saturated heterocycles. The Bertz CT molecular complexity index is 377. The van der Waals surface area contributed by atoms with Gasteiger partial charge in [0, 0.05) is 25.0 Å². The van der Waals surface area contributed by atoms with E-state index >= 15 is 0 Å². The van der Waals surface area contributed by atoms with E-state index in [0.29, 0.717) is 6.54 Å². The molecule has 0 aliphatic rings. The molecule has 0 spiro atoms. The number of aliphatic hydroxyl groups excluding tert-OH is 1. The van der Waals surface area contributed by atoms with E-state index in [2.05, 4.69) is 29.9 Å². The highest BCUT2D eigenvalue weighted by molar-refractivity contribution is 5.69. The van der Waals surface area contributed by atoms with Crippen molar-refractivity contribution in [1.82, 2.24) is 10.3 Å². The normalized spacial score (nSPS) is 11.8. The van der Waals surface area contributed by atoms with Crippen LogP contribution in [0.5, 0.6) is 0 Å².